The lowest BCUT2D eigenvalue weighted by Crippen LogP contribution is -2.50. The highest BCUT2D eigenvalue weighted by Crippen LogP contribution is 2.31. The molecule has 2 aliphatic heterocycles. The Labute approximate surface area is 125 Å². The Balaban J connectivity index is 1.65. The van der Waals surface area contributed by atoms with Gasteiger partial charge in [0, 0.05) is 37.9 Å². The molecule has 1 atom stereocenters. The maximum absolute atomic E-state index is 12.6. The van der Waals surface area contributed by atoms with Gasteiger partial charge >= 0.3 is 0 Å². The van der Waals surface area contributed by atoms with E-state index >= 15 is 0 Å². The maximum atomic E-state index is 12.6. The Hall–Kier alpha value is -1.88. The van der Waals surface area contributed by atoms with Gasteiger partial charge in [0.1, 0.15) is 0 Å². The van der Waals surface area contributed by atoms with E-state index in [2.05, 4.69) is 17.9 Å². The van der Waals surface area contributed by atoms with Crippen molar-refractivity contribution in [1.82, 2.24) is 9.80 Å². The van der Waals surface area contributed by atoms with Gasteiger partial charge in [-0.3, -0.25) is 14.5 Å². The summed E-state index contributed by atoms with van der Waals surface area (Å²) in [6, 6.07) is 8.37. The van der Waals surface area contributed by atoms with E-state index in [0.717, 1.165) is 31.6 Å². The highest BCUT2D eigenvalue weighted by atomic mass is 16.2. The number of amides is 2. The van der Waals surface area contributed by atoms with Gasteiger partial charge in [-0.05, 0) is 25.0 Å². The molecule has 0 radical (unpaired) electrons. The standard InChI is InChI=1S/C16H21N3O2/c1-13-10-14-4-2-3-5-15(14)19(13)16(21)11-17-6-8-18(12-20)9-7-17/h2-5,12-13H,6-11H2,1H3. The van der Waals surface area contributed by atoms with Gasteiger partial charge in [0.15, 0.2) is 0 Å². The van der Waals surface area contributed by atoms with Crippen molar-refractivity contribution in [2.24, 2.45) is 0 Å². The summed E-state index contributed by atoms with van der Waals surface area (Å²) in [5.74, 6) is 0.159. The van der Waals surface area contributed by atoms with E-state index < -0.39 is 0 Å². The van der Waals surface area contributed by atoms with Gasteiger partial charge in [-0.1, -0.05) is 18.2 Å². The number of benzene rings is 1. The minimum atomic E-state index is 0.159. The van der Waals surface area contributed by atoms with Crippen LogP contribution in [0.15, 0.2) is 24.3 Å². The lowest BCUT2D eigenvalue weighted by Gasteiger charge is -2.33. The van der Waals surface area contributed by atoms with Crippen LogP contribution < -0.4 is 4.90 Å². The number of para-hydroxylation sites is 1. The maximum Gasteiger partial charge on any atom is 0.241 e. The van der Waals surface area contributed by atoms with E-state index in [-0.39, 0.29) is 11.9 Å². The molecule has 0 spiro atoms. The lowest BCUT2D eigenvalue weighted by molar-refractivity contribution is -0.122. The van der Waals surface area contributed by atoms with Crippen LogP contribution in [0.4, 0.5) is 5.69 Å². The number of piperazine rings is 1. The topological polar surface area (TPSA) is 43.9 Å². The number of carbonyl (C=O) groups is 2. The van der Waals surface area contributed by atoms with Crippen molar-refractivity contribution in [3.8, 4) is 0 Å². The first-order valence-corrected chi connectivity index (χ1v) is 7.50. The zero-order chi connectivity index (χ0) is 14.8. The molecule has 0 saturated carbocycles. The summed E-state index contributed by atoms with van der Waals surface area (Å²) in [7, 11) is 0. The van der Waals surface area contributed by atoms with E-state index in [1.165, 1.54) is 5.56 Å². The summed E-state index contributed by atoms with van der Waals surface area (Å²) in [5.41, 5.74) is 2.31. The quantitative estimate of drug-likeness (QED) is 0.770. The second-order valence-electron chi connectivity index (χ2n) is 5.86. The van der Waals surface area contributed by atoms with Crippen LogP contribution in [0.25, 0.3) is 0 Å². The molecule has 2 aliphatic rings. The molecule has 1 unspecified atom stereocenters. The van der Waals surface area contributed by atoms with Crippen molar-refractivity contribution in [2.45, 2.75) is 19.4 Å². The number of rotatable bonds is 3. The van der Waals surface area contributed by atoms with E-state index in [1.54, 1.807) is 4.90 Å². The van der Waals surface area contributed by atoms with Gasteiger partial charge in [0.2, 0.25) is 12.3 Å². The zero-order valence-corrected chi connectivity index (χ0v) is 12.4. The first kappa shape index (κ1) is 14.1. The number of hydrogen-bond acceptors (Lipinski definition) is 3. The van der Waals surface area contributed by atoms with E-state index in [1.807, 2.05) is 23.1 Å². The van der Waals surface area contributed by atoms with Gasteiger partial charge in [0.25, 0.3) is 0 Å². The minimum absolute atomic E-state index is 0.159. The molecule has 2 heterocycles. The van der Waals surface area contributed by atoms with Crippen LogP contribution in [-0.4, -0.2) is 60.9 Å². The third kappa shape index (κ3) is 2.78. The molecule has 2 amide bonds. The molecule has 1 saturated heterocycles. The van der Waals surface area contributed by atoms with Crippen LogP contribution in [0.5, 0.6) is 0 Å². The average Bonchev–Trinajstić information content (AvgIpc) is 2.83. The largest absolute Gasteiger partial charge is 0.343 e. The van der Waals surface area contributed by atoms with Crippen molar-refractivity contribution in [3.05, 3.63) is 29.8 Å². The smallest absolute Gasteiger partial charge is 0.241 e. The average molecular weight is 287 g/mol. The second kappa shape index (κ2) is 5.85. The van der Waals surface area contributed by atoms with Crippen LogP contribution in [0, 0.1) is 0 Å². The van der Waals surface area contributed by atoms with Gasteiger partial charge in [-0.15, -0.1) is 0 Å². The Morgan fingerprint density at radius 3 is 2.67 bits per heavy atom. The molecule has 0 aliphatic carbocycles. The minimum Gasteiger partial charge on any atom is -0.343 e. The number of carbonyl (C=O) groups excluding carboxylic acids is 2. The number of anilines is 1. The van der Waals surface area contributed by atoms with Crippen molar-refractivity contribution in [2.75, 3.05) is 37.6 Å². The highest BCUT2D eigenvalue weighted by Gasteiger charge is 2.31. The van der Waals surface area contributed by atoms with Crippen LogP contribution >= 0.6 is 0 Å². The highest BCUT2D eigenvalue weighted by molar-refractivity contribution is 5.97. The molecule has 3 rings (SSSR count). The summed E-state index contributed by atoms with van der Waals surface area (Å²) >= 11 is 0. The van der Waals surface area contributed by atoms with Crippen molar-refractivity contribution in [3.63, 3.8) is 0 Å². The Morgan fingerprint density at radius 1 is 1.24 bits per heavy atom. The van der Waals surface area contributed by atoms with Gasteiger partial charge in [-0.25, -0.2) is 0 Å². The zero-order valence-electron chi connectivity index (χ0n) is 12.4. The Morgan fingerprint density at radius 2 is 1.95 bits per heavy atom. The monoisotopic (exact) mass is 287 g/mol. The SMILES string of the molecule is CC1Cc2ccccc2N1C(=O)CN1CCN(C=O)CC1. The van der Waals surface area contributed by atoms with Crippen LogP contribution in [0.3, 0.4) is 0 Å². The van der Waals surface area contributed by atoms with E-state index in [0.29, 0.717) is 19.6 Å². The van der Waals surface area contributed by atoms with Gasteiger partial charge < -0.3 is 9.80 Å². The molecule has 0 bridgehead atoms. The third-order valence-corrected chi connectivity index (χ3v) is 4.39. The lowest BCUT2D eigenvalue weighted by atomic mass is 10.1. The second-order valence-corrected chi connectivity index (χ2v) is 5.86. The van der Waals surface area contributed by atoms with Gasteiger partial charge in [0.05, 0.1) is 6.54 Å². The van der Waals surface area contributed by atoms with Crippen molar-refractivity contribution >= 4 is 18.0 Å². The predicted molar refractivity (Wildman–Crippen MR) is 81.2 cm³/mol. The fraction of sp³-hybridized carbons (Fsp3) is 0.500. The van der Waals surface area contributed by atoms with E-state index in [4.69, 9.17) is 0 Å². The molecule has 112 valence electrons. The normalized spacial score (nSPS) is 22.2. The molecule has 0 aromatic heterocycles. The fourth-order valence-electron chi connectivity index (χ4n) is 3.24. The van der Waals surface area contributed by atoms with Crippen LogP contribution in [0.2, 0.25) is 0 Å². The number of nitrogens with zero attached hydrogens (tertiary/aromatic N) is 3. The molecule has 1 aromatic rings. The number of fused-ring (bicyclic) bond motifs is 1. The van der Waals surface area contributed by atoms with E-state index in [9.17, 15) is 9.59 Å². The number of hydrogen-bond donors (Lipinski definition) is 0. The molecular formula is C16H21N3O2. The van der Waals surface area contributed by atoms with Crippen molar-refractivity contribution in [1.29, 1.82) is 0 Å². The summed E-state index contributed by atoms with van der Waals surface area (Å²) < 4.78 is 0. The summed E-state index contributed by atoms with van der Waals surface area (Å²) in [6.45, 7) is 5.50. The third-order valence-electron chi connectivity index (χ3n) is 4.39. The Kier molecular flexibility index (Phi) is 3.92. The van der Waals surface area contributed by atoms with Crippen LogP contribution in [-0.2, 0) is 16.0 Å². The summed E-state index contributed by atoms with van der Waals surface area (Å²) in [5, 5.41) is 0. The first-order chi connectivity index (χ1) is 10.2. The van der Waals surface area contributed by atoms with Crippen molar-refractivity contribution < 1.29 is 9.59 Å². The molecular weight excluding hydrogens is 266 g/mol. The molecule has 0 N–H and O–H groups in total. The summed E-state index contributed by atoms with van der Waals surface area (Å²) in [4.78, 5) is 29.2. The van der Waals surface area contributed by atoms with Crippen LogP contribution in [0.1, 0.15) is 12.5 Å². The molecule has 5 nitrogen and oxygen atoms in total. The predicted octanol–water partition coefficient (Wildman–Crippen LogP) is 0.738. The van der Waals surface area contributed by atoms with Gasteiger partial charge in [-0.2, -0.15) is 0 Å². The molecule has 5 heteroatoms. The Bertz CT molecular complexity index is 538. The molecule has 1 aromatic carbocycles. The molecule has 1 fully saturated rings. The fourth-order valence-corrected chi connectivity index (χ4v) is 3.24. The first-order valence-electron chi connectivity index (χ1n) is 7.50. The molecule has 21 heavy (non-hydrogen) atoms. The summed E-state index contributed by atoms with van der Waals surface area (Å²) in [6.07, 6.45) is 1.82.